The summed E-state index contributed by atoms with van der Waals surface area (Å²) < 4.78 is 13.2. The predicted molar refractivity (Wildman–Crippen MR) is 46.4 cm³/mol. The van der Waals surface area contributed by atoms with E-state index in [0.29, 0.717) is 0 Å². The van der Waals surface area contributed by atoms with E-state index in [1.54, 1.807) is 6.07 Å². The van der Waals surface area contributed by atoms with Crippen LogP contribution in [0, 0.1) is 5.82 Å². The molecule has 0 bridgehead atoms. The minimum atomic E-state index is -0.178. The normalized spacial score (nSPS) is 33.4. The fraction of sp³-hybridized carbons (Fsp3) is 0.400. The molecule has 1 aliphatic rings. The maximum atomic E-state index is 13.2. The standard InChI is InChI=1S/C10H12FN/c1-10(12)6-8(10)7-4-2-3-5-9(7)11/h2-5,8H,6,12H2,1H3. The zero-order valence-electron chi connectivity index (χ0n) is 7.05. The second-order valence-corrected chi connectivity index (χ2v) is 3.78. The van der Waals surface area contributed by atoms with Gasteiger partial charge in [0.1, 0.15) is 5.82 Å². The van der Waals surface area contributed by atoms with E-state index in [9.17, 15) is 4.39 Å². The summed E-state index contributed by atoms with van der Waals surface area (Å²) in [5, 5.41) is 0. The van der Waals surface area contributed by atoms with Crippen LogP contribution in [0.5, 0.6) is 0 Å². The summed E-state index contributed by atoms with van der Waals surface area (Å²) in [7, 11) is 0. The Kier molecular flexibility index (Phi) is 1.48. The van der Waals surface area contributed by atoms with Crippen LogP contribution in [0.1, 0.15) is 24.8 Å². The molecule has 2 heteroatoms. The molecule has 0 aliphatic heterocycles. The van der Waals surface area contributed by atoms with Gasteiger partial charge in [-0.05, 0) is 25.0 Å². The first kappa shape index (κ1) is 7.74. The van der Waals surface area contributed by atoms with Crippen molar-refractivity contribution in [2.24, 2.45) is 5.73 Å². The average Bonchev–Trinajstić information content (AvgIpc) is 2.61. The maximum absolute atomic E-state index is 13.2. The minimum absolute atomic E-state index is 0.128. The van der Waals surface area contributed by atoms with Crippen LogP contribution in [-0.2, 0) is 0 Å². The van der Waals surface area contributed by atoms with Crippen LogP contribution >= 0.6 is 0 Å². The molecule has 64 valence electrons. The molecule has 1 aromatic rings. The number of nitrogens with two attached hydrogens (primary N) is 1. The van der Waals surface area contributed by atoms with Gasteiger partial charge in [0.15, 0.2) is 0 Å². The van der Waals surface area contributed by atoms with Crippen molar-refractivity contribution in [3.05, 3.63) is 35.6 Å². The van der Waals surface area contributed by atoms with E-state index in [4.69, 9.17) is 5.73 Å². The number of benzene rings is 1. The van der Waals surface area contributed by atoms with Crippen molar-refractivity contribution >= 4 is 0 Å². The second-order valence-electron chi connectivity index (χ2n) is 3.78. The van der Waals surface area contributed by atoms with E-state index in [1.165, 1.54) is 6.07 Å². The van der Waals surface area contributed by atoms with E-state index in [2.05, 4.69) is 0 Å². The van der Waals surface area contributed by atoms with Gasteiger partial charge in [0.05, 0.1) is 0 Å². The predicted octanol–water partition coefficient (Wildman–Crippen LogP) is 2.03. The first-order valence-corrected chi connectivity index (χ1v) is 4.14. The first-order valence-electron chi connectivity index (χ1n) is 4.14. The lowest BCUT2D eigenvalue weighted by Crippen LogP contribution is -2.19. The van der Waals surface area contributed by atoms with Gasteiger partial charge in [-0.1, -0.05) is 18.2 Å². The topological polar surface area (TPSA) is 26.0 Å². The van der Waals surface area contributed by atoms with Crippen LogP contribution in [0.2, 0.25) is 0 Å². The van der Waals surface area contributed by atoms with Gasteiger partial charge in [0.2, 0.25) is 0 Å². The van der Waals surface area contributed by atoms with Crippen LogP contribution in [0.4, 0.5) is 4.39 Å². The van der Waals surface area contributed by atoms with Gasteiger partial charge in [-0.2, -0.15) is 0 Å². The summed E-state index contributed by atoms with van der Waals surface area (Å²) in [5.41, 5.74) is 6.43. The molecule has 0 aromatic heterocycles. The summed E-state index contributed by atoms with van der Waals surface area (Å²) in [6.45, 7) is 1.96. The number of hydrogen-bond acceptors (Lipinski definition) is 1. The number of rotatable bonds is 1. The molecule has 1 aromatic carbocycles. The Morgan fingerprint density at radius 3 is 2.58 bits per heavy atom. The van der Waals surface area contributed by atoms with Crippen LogP contribution in [0.25, 0.3) is 0 Å². The van der Waals surface area contributed by atoms with Crippen LogP contribution in [-0.4, -0.2) is 5.54 Å². The van der Waals surface area contributed by atoms with Crippen LogP contribution in [0.3, 0.4) is 0 Å². The van der Waals surface area contributed by atoms with Crippen molar-refractivity contribution in [1.29, 1.82) is 0 Å². The molecule has 1 aliphatic carbocycles. The molecule has 1 fully saturated rings. The molecule has 0 saturated heterocycles. The zero-order chi connectivity index (χ0) is 8.77. The molecule has 2 N–H and O–H groups in total. The molecule has 2 atom stereocenters. The van der Waals surface area contributed by atoms with Crippen LogP contribution in [0.15, 0.2) is 24.3 Å². The highest BCUT2D eigenvalue weighted by Crippen LogP contribution is 2.49. The van der Waals surface area contributed by atoms with E-state index >= 15 is 0 Å². The van der Waals surface area contributed by atoms with Crippen LogP contribution < -0.4 is 5.73 Å². The molecule has 2 rings (SSSR count). The van der Waals surface area contributed by atoms with Crippen molar-refractivity contribution in [2.75, 3.05) is 0 Å². The lowest BCUT2D eigenvalue weighted by Gasteiger charge is -2.04. The third-order valence-corrected chi connectivity index (χ3v) is 2.56. The van der Waals surface area contributed by atoms with Gasteiger partial charge in [-0.15, -0.1) is 0 Å². The van der Waals surface area contributed by atoms with Gasteiger partial charge < -0.3 is 5.73 Å². The summed E-state index contributed by atoms with van der Waals surface area (Å²) in [6.07, 6.45) is 0.897. The maximum Gasteiger partial charge on any atom is 0.126 e. The Bertz CT molecular complexity index is 306. The highest BCUT2D eigenvalue weighted by Gasteiger charge is 2.48. The van der Waals surface area contributed by atoms with Crippen molar-refractivity contribution in [1.82, 2.24) is 0 Å². The zero-order valence-corrected chi connectivity index (χ0v) is 7.05. The largest absolute Gasteiger partial charge is 0.325 e. The van der Waals surface area contributed by atoms with E-state index in [1.807, 2.05) is 19.1 Å². The molecule has 12 heavy (non-hydrogen) atoms. The third kappa shape index (κ3) is 1.12. The van der Waals surface area contributed by atoms with Gasteiger partial charge in [-0.3, -0.25) is 0 Å². The molecule has 1 nitrogen and oxygen atoms in total. The first-order chi connectivity index (χ1) is 5.61. The minimum Gasteiger partial charge on any atom is -0.325 e. The third-order valence-electron chi connectivity index (χ3n) is 2.56. The van der Waals surface area contributed by atoms with Gasteiger partial charge in [0, 0.05) is 11.5 Å². The second kappa shape index (κ2) is 2.30. The Morgan fingerprint density at radius 1 is 1.50 bits per heavy atom. The smallest absolute Gasteiger partial charge is 0.126 e. The van der Waals surface area contributed by atoms with Crippen molar-refractivity contribution in [2.45, 2.75) is 24.8 Å². The van der Waals surface area contributed by atoms with E-state index in [0.717, 1.165) is 12.0 Å². The quantitative estimate of drug-likeness (QED) is 0.677. The van der Waals surface area contributed by atoms with Crippen molar-refractivity contribution < 1.29 is 4.39 Å². The Labute approximate surface area is 71.4 Å². The average molecular weight is 165 g/mol. The highest BCUT2D eigenvalue weighted by molar-refractivity contribution is 5.32. The van der Waals surface area contributed by atoms with Crippen molar-refractivity contribution in [3.8, 4) is 0 Å². The highest BCUT2D eigenvalue weighted by atomic mass is 19.1. The Morgan fingerprint density at radius 2 is 2.08 bits per heavy atom. The molecule has 2 unspecified atom stereocenters. The SMILES string of the molecule is CC1(N)CC1c1ccccc1F. The van der Waals surface area contributed by atoms with E-state index in [-0.39, 0.29) is 17.3 Å². The van der Waals surface area contributed by atoms with Crippen molar-refractivity contribution in [3.63, 3.8) is 0 Å². The molecule has 0 heterocycles. The van der Waals surface area contributed by atoms with E-state index < -0.39 is 0 Å². The fourth-order valence-corrected chi connectivity index (χ4v) is 1.60. The Hall–Kier alpha value is -0.890. The fourth-order valence-electron chi connectivity index (χ4n) is 1.60. The Balaban J connectivity index is 2.31. The number of halogens is 1. The lowest BCUT2D eigenvalue weighted by molar-refractivity contribution is 0.601. The summed E-state index contributed by atoms with van der Waals surface area (Å²) in [4.78, 5) is 0. The summed E-state index contributed by atoms with van der Waals surface area (Å²) >= 11 is 0. The summed E-state index contributed by atoms with van der Waals surface area (Å²) in [6, 6.07) is 6.86. The molecule has 1 saturated carbocycles. The van der Waals surface area contributed by atoms with Gasteiger partial charge >= 0.3 is 0 Å². The lowest BCUT2D eigenvalue weighted by atomic mass is 10.1. The summed E-state index contributed by atoms with van der Waals surface area (Å²) in [5.74, 6) is 0.0929. The monoisotopic (exact) mass is 165 g/mol. The molecular weight excluding hydrogens is 153 g/mol. The number of hydrogen-bond donors (Lipinski definition) is 1. The molecule has 0 spiro atoms. The molecule has 0 radical (unpaired) electrons. The molecular formula is C10H12FN. The molecule has 0 amide bonds. The van der Waals surface area contributed by atoms with Gasteiger partial charge in [-0.25, -0.2) is 4.39 Å². The van der Waals surface area contributed by atoms with Gasteiger partial charge in [0.25, 0.3) is 0 Å².